The van der Waals surface area contributed by atoms with Crippen molar-refractivity contribution >= 4 is 17.3 Å². The molecule has 0 fully saturated rings. The Labute approximate surface area is 97.8 Å². The van der Waals surface area contributed by atoms with Crippen LogP contribution in [-0.2, 0) is 11.5 Å². The van der Waals surface area contributed by atoms with Crippen LogP contribution in [0.15, 0.2) is 18.2 Å². The molecule has 0 aromatic heterocycles. The average molecular weight is 240 g/mol. The lowest BCUT2D eigenvalue weighted by Gasteiger charge is -2.08. The minimum atomic E-state index is -0.943. The predicted molar refractivity (Wildman–Crippen MR) is 61.4 cm³/mol. The molecule has 6 heteroatoms. The first kappa shape index (κ1) is 13.1. The number of nitro benzene ring substituents is 1. The molecule has 0 unspecified atom stereocenters. The number of benzene rings is 1. The first-order valence-corrected chi connectivity index (χ1v) is 5.10. The fourth-order valence-corrected chi connectivity index (χ4v) is 1.24. The summed E-state index contributed by atoms with van der Waals surface area (Å²) in [4.78, 5) is 21.3. The maximum absolute atomic E-state index is 12.6. The van der Waals surface area contributed by atoms with Gasteiger partial charge in [-0.2, -0.15) is 0 Å². The molecule has 0 aliphatic carbocycles. The van der Waals surface area contributed by atoms with Gasteiger partial charge in [-0.25, -0.2) is 4.39 Å². The molecule has 17 heavy (non-hydrogen) atoms. The second-order valence-electron chi connectivity index (χ2n) is 3.88. The molecule has 0 aliphatic rings. The number of nitrogens with zero attached hydrogens (tertiary/aromatic N) is 1. The van der Waals surface area contributed by atoms with Crippen molar-refractivity contribution < 1.29 is 14.1 Å². The highest BCUT2D eigenvalue weighted by atomic mass is 19.1. The number of amides is 1. The van der Waals surface area contributed by atoms with Crippen molar-refractivity contribution in [2.45, 2.75) is 20.5 Å². The minimum absolute atomic E-state index is 0.0449. The third-order valence-electron chi connectivity index (χ3n) is 2.21. The van der Waals surface area contributed by atoms with Crippen LogP contribution in [-0.4, -0.2) is 10.8 Å². The lowest BCUT2D eigenvalue weighted by Crippen LogP contribution is -2.17. The summed E-state index contributed by atoms with van der Waals surface area (Å²) in [6.07, 6.45) is 0. The molecule has 0 heterocycles. The van der Waals surface area contributed by atoms with Crippen LogP contribution in [0.2, 0.25) is 0 Å². The van der Waals surface area contributed by atoms with Crippen molar-refractivity contribution in [1.29, 1.82) is 0 Å². The zero-order valence-corrected chi connectivity index (χ0v) is 9.57. The smallest absolute Gasteiger partial charge is 0.275 e. The summed E-state index contributed by atoms with van der Waals surface area (Å²) in [6, 6.07) is 3.85. The highest BCUT2D eigenvalue weighted by Crippen LogP contribution is 2.23. The molecule has 1 aromatic rings. The SMILES string of the molecule is CC(C)C(=O)Nc1ccc([N+](=O)[O-])c(CF)c1. The number of rotatable bonds is 4. The molecule has 0 spiro atoms. The fourth-order valence-electron chi connectivity index (χ4n) is 1.24. The van der Waals surface area contributed by atoms with Gasteiger partial charge < -0.3 is 5.32 Å². The van der Waals surface area contributed by atoms with E-state index in [0.717, 1.165) is 0 Å². The van der Waals surface area contributed by atoms with Crippen molar-refractivity contribution in [3.05, 3.63) is 33.9 Å². The molecule has 0 aliphatic heterocycles. The first-order valence-electron chi connectivity index (χ1n) is 5.10. The Morgan fingerprint density at radius 3 is 2.65 bits per heavy atom. The summed E-state index contributed by atoms with van der Waals surface area (Å²) in [5.41, 5.74) is 0.0357. The Morgan fingerprint density at radius 2 is 2.18 bits per heavy atom. The van der Waals surface area contributed by atoms with Crippen molar-refractivity contribution in [2.75, 3.05) is 5.32 Å². The van der Waals surface area contributed by atoms with Gasteiger partial charge in [-0.15, -0.1) is 0 Å². The van der Waals surface area contributed by atoms with E-state index in [-0.39, 0.29) is 23.1 Å². The monoisotopic (exact) mass is 240 g/mol. The molecular weight excluding hydrogens is 227 g/mol. The molecule has 0 radical (unpaired) electrons. The molecule has 0 saturated carbocycles. The molecule has 0 bridgehead atoms. The van der Waals surface area contributed by atoms with Gasteiger partial charge in [0.1, 0.15) is 6.67 Å². The van der Waals surface area contributed by atoms with Gasteiger partial charge in [0.2, 0.25) is 5.91 Å². The van der Waals surface area contributed by atoms with E-state index in [1.54, 1.807) is 13.8 Å². The van der Waals surface area contributed by atoms with E-state index < -0.39 is 11.6 Å². The lowest BCUT2D eigenvalue weighted by atomic mass is 10.1. The zero-order valence-electron chi connectivity index (χ0n) is 9.57. The van der Waals surface area contributed by atoms with Crippen LogP contribution in [0, 0.1) is 16.0 Å². The van der Waals surface area contributed by atoms with Crippen LogP contribution in [0.3, 0.4) is 0 Å². The van der Waals surface area contributed by atoms with E-state index in [2.05, 4.69) is 5.32 Å². The highest BCUT2D eigenvalue weighted by Gasteiger charge is 2.15. The lowest BCUT2D eigenvalue weighted by molar-refractivity contribution is -0.385. The molecule has 1 amide bonds. The minimum Gasteiger partial charge on any atom is -0.326 e. The van der Waals surface area contributed by atoms with Crippen molar-refractivity contribution in [2.24, 2.45) is 5.92 Å². The number of hydrogen-bond donors (Lipinski definition) is 1. The van der Waals surface area contributed by atoms with Crippen LogP contribution in [0.5, 0.6) is 0 Å². The number of nitrogens with one attached hydrogen (secondary N) is 1. The number of alkyl halides is 1. The molecule has 0 atom stereocenters. The normalized spacial score (nSPS) is 10.4. The summed E-state index contributed by atoms with van der Waals surface area (Å²) in [6.45, 7) is 2.50. The van der Waals surface area contributed by atoms with Gasteiger partial charge in [0.05, 0.1) is 10.5 Å². The van der Waals surface area contributed by atoms with Gasteiger partial charge in [0.25, 0.3) is 5.69 Å². The quantitative estimate of drug-likeness (QED) is 0.649. The van der Waals surface area contributed by atoms with Crippen molar-refractivity contribution in [3.63, 3.8) is 0 Å². The van der Waals surface area contributed by atoms with Gasteiger partial charge >= 0.3 is 0 Å². The molecule has 1 rings (SSSR count). The Morgan fingerprint density at radius 1 is 1.53 bits per heavy atom. The molecule has 5 nitrogen and oxygen atoms in total. The Balaban J connectivity index is 2.98. The number of anilines is 1. The van der Waals surface area contributed by atoms with Crippen LogP contribution >= 0.6 is 0 Å². The second kappa shape index (κ2) is 5.38. The van der Waals surface area contributed by atoms with E-state index >= 15 is 0 Å². The number of carbonyl (C=O) groups excluding carboxylic acids is 1. The Kier molecular flexibility index (Phi) is 4.14. The second-order valence-corrected chi connectivity index (χ2v) is 3.88. The molecule has 1 aromatic carbocycles. The maximum Gasteiger partial charge on any atom is 0.275 e. The largest absolute Gasteiger partial charge is 0.326 e. The predicted octanol–water partition coefficient (Wildman–Crippen LogP) is 2.66. The highest BCUT2D eigenvalue weighted by molar-refractivity contribution is 5.92. The number of nitro groups is 1. The number of halogens is 1. The first-order chi connectivity index (χ1) is 7.95. The summed E-state index contributed by atoms with van der Waals surface area (Å²) >= 11 is 0. The van der Waals surface area contributed by atoms with Crippen molar-refractivity contribution in [1.82, 2.24) is 0 Å². The third-order valence-corrected chi connectivity index (χ3v) is 2.21. The topological polar surface area (TPSA) is 72.2 Å². The van der Waals surface area contributed by atoms with Crippen LogP contribution in [0.25, 0.3) is 0 Å². The summed E-state index contributed by atoms with van der Waals surface area (Å²) in [5, 5.41) is 13.1. The zero-order chi connectivity index (χ0) is 13.0. The molecular formula is C11H13FN2O3. The third kappa shape index (κ3) is 3.24. The van der Waals surface area contributed by atoms with E-state index in [0.29, 0.717) is 5.69 Å². The summed E-state index contributed by atoms with van der Waals surface area (Å²) in [5.74, 6) is -0.428. The van der Waals surface area contributed by atoms with Crippen LogP contribution < -0.4 is 5.32 Å². The fraction of sp³-hybridized carbons (Fsp3) is 0.364. The van der Waals surface area contributed by atoms with Gasteiger partial charge in [0, 0.05) is 17.7 Å². The van der Waals surface area contributed by atoms with E-state index in [9.17, 15) is 19.3 Å². The van der Waals surface area contributed by atoms with Gasteiger partial charge in [-0.05, 0) is 12.1 Å². The van der Waals surface area contributed by atoms with Gasteiger partial charge in [-0.1, -0.05) is 13.8 Å². The summed E-state index contributed by atoms with van der Waals surface area (Å²) < 4.78 is 12.6. The average Bonchev–Trinajstić information content (AvgIpc) is 2.28. The van der Waals surface area contributed by atoms with Gasteiger partial charge in [0.15, 0.2) is 0 Å². The maximum atomic E-state index is 12.6. The molecule has 1 N–H and O–H groups in total. The van der Waals surface area contributed by atoms with E-state index in [4.69, 9.17) is 0 Å². The van der Waals surface area contributed by atoms with Gasteiger partial charge in [-0.3, -0.25) is 14.9 Å². The Bertz CT molecular complexity index is 446. The van der Waals surface area contributed by atoms with Crippen LogP contribution in [0.4, 0.5) is 15.8 Å². The van der Waals surface area contributed by atoms with Crippen LogP contribution in [0.1, 0.15) is 19.4 Å². The van der Waals surface area contributed by atoms with E-state index in [1.807, 2.05) is 0 Å². The Hall–Kier alpha value is -1.98. The number of carbonyl (C=O) groups is 1. The summed E-state index contributed by atoms with van der Waals surface area (Å²) in [7, 11) is 0. The number of hydrogen-bond acceptors (Lipinski definition) is 3. The van der Waals surface area contributed by atoms with Crippen molar-refractivity contribution in [3.8, 4) is 0 Å². The standard InChI is InChI=1S/C11H13FN2O3/c1-7(2)11(15)13-9-3-4-10(14(16)17)8(5-9)6-12/h3-5,7H,6H2,1-2H3,(H,13,15). The van der Waals surface area contributed by atoms with E-state index in [1.165, 1.54) is 18.2 Å². The molecule has 0 saturated heterocycles. The molecule has 92 valence electrons.